The number of benzene rings is 4. The summed E-state index contributed by atoms with van der Waals surface area (Å²) in [6.45, 7) is 0.308. The summed E-state index contributed by atoms with van der Waals surface area (Å²) in [6.07, 6.45) is -11.9. The molecule has 9 atom stereocenters. The molecular weight excluding hydrogens is 778 g/mol. The van der Waals surface area contributed by atoms with Crippen LogP contribution in [0.5, 0.6) is 28.7 Å². The number of aliphatic carboxylic acids is 1. The van der Waals surface area contributed by atoms with Crippen LogP contribution < -0.4 is 45.7 Å². The number of carboxylic acid groups (broad SMARTS) is 1. The number of fused-ring (bicyclic) bond motifs is 8. The minimum absolute atomic E-state index is 0.122. The molecule has 0 radical (unpaired) electrons. The van der Waals surface area contributed by atoms with Gasteiger partial charge in [0.2, 0.25) is 12.0 Å². The summed E-state index contributed by atoms with van der Waals surface area (Å²) < 4.78 is 43.7. The van der Waals surface area contributed by atoms with Gasteiger partial charge >= 0.3 is 11.9 Å². The monoisotopic (exact) mass is 823 g/mol. The van der Waals surface area contributed by atoms with Crippen molar-refractivity contribution in [2.75, 3.05) is 20.8 Å². The van der Waals surface area contributed by atoms with Gasteiger partial charge in [0.25, 0.3) is 0 Å². The van der Waals surface area contributed by atoms with E-state index in [2.05, 4.69) is 0 Å². The molecule has 0 aromatic heterocycles. The van der Waals surface area contributed by atoms with Gasteiger partial charge in [-0.25, -0.2) is 0 Å². The highest BCUT2D eigenvalue weighted by atomic mass is 16.7. The number of carbonyl (C=O) groups is 2. The lowest BCUT2D eigenvalue weighted by atomic mass is 9.76. The van der Waals surface area contributed by atoms with Crippen LogP contribution in [-0.4, -0.2) is 102 Å². The normalized spacial score (nSPS) is 27.5. The number of rotatable bonds is 10. The zero-order valence-corrected chi connectivity index (χ0v) is 32.7. The zero-order valence-electron chi connectivity index (χ0n) is 32.7. The molecule has 0 aliphatic carbocycles. The van der Waals surface area contributed by atoms with E-state index >= 15 is 0 Å². The van der Waals surface area contributed by atoms with Crippen LogP contribution in [0, 0.1) is 0 Å². The lowest BCUT2D eigenvalue weighted by Gasteiger charge is -2.48. The van der Waals surface area contributed by atoms with Crippen molar-refractivity contribution in [3.63, 3.8) is 0 Å². The van der Waals surface area contributed by atoms with Crippen molar-refractivity contribution in [2.45, 2.75) is 86.3 Å². The van der Waals surface area contributed by atoms with Gasteiger partial charge in [-0.3, -0.25) is 14.6 Å². The van der Waals surface area contributed by atoms with Crippen LogP contribution in [0.1, 0.15) is 52.7 Å². The second-order valence-electron chi connectivity index (χ2n) is 15.7. The van der Waals surface area contributed by atoms with E-state index in [1.165, 1.54) is 0 Å². The van der Waals surface area contributed by atoms with E-state index in [0.29, 0.717) is 41.5 Å². The Kier molecular flexibility index (Phi) is 10.2. The molecule has 0 saturated carbocycles. The Balaban J connectivity index is 1.21. The third kappa shape index (κ3) is 6.50. The molecular formula is C44H45N3O13. The average molecular weight is 824 g/mol. The van der Waals surface area contributed by atoms with E-state index in [4.69, 9.17) is 54.7 Å². The minimum Gasteiger partial charge on any atom is -0.493 e. The number of para-hydroxylation sites is 1. The maximum atomic E-state index is 12.5. The van der Waals surface area contributed by atoms with Gasteiger partial charge in [-0.1, -0.05) is 54.6 Å². The first-order valence-electron chi connectivity index (χ1n) is 19.7. The maximum Gasteiger partial charge on any atom is 0.317 e. The van der Waals surface area contributed by atoms with Crippen molar-refractivity contribution >= 4 is 17.5 Å². The molecule has 4 aromatic carbocycles. The van der Waals surface area contributed by atoms with Gasteiger partial charge in [-0.2, -0.15) is 0 Å². The number of aliphatic hydroxyl groups is 3. The predicted octanol–water partition coefficient (Wildman–Crippen LogP) is 0.890. The number of nitrogens with zero attached hydrogens (tertiary/aromatic N) is 1. The van der Waals surface area contributed by atoms with Gasteiger partial charge in [0.1, 0.15) is 48.4 Å². The van der Waals surface area contributed by atoms with E-state index in [9.17, 15) is 24.9 Å². The molecule has 16 heteroatoms. The number of carbonyl (C=O) groups excluding carboxylic acids is 1. The molecule has 1 fully saturated rings. The molecule has 314 valence electrons. The summed E-state index contributed by atoms with van der Waals surface area (Å²) in [7, 11) is 3.13. The molecule has 5 aliphatic heterocycles. The average Bonchev–Trinajstić information content (AvgIpc) is 3.80. The number of aliphatic hydroxyl groups excluding tert-OH is 2. The van der Waals surface area contributed by atoms with Crippen LogP contribution in [0.25, 0.3) is 5.57 Å². The van der Waals surface area contributed by atoms with Crippen LogP contribution in [0.3, 0.4) is 0 Å². The van der Waals surface area contributed by atoms with Gasteiger partial charge in [0, 0.05) is 34.4 Å². The molecule has 0 spiro atoms. The first kappa shape index (κ1) is 39.7. The Morgan fingerprint density at radius 1 is 0.967 bits per heavy atom. The summed E-state index contributed by atoms with van der Waals surface area (Å²) in [6, 6.07) is 23.3. The molecule has 5 heterocycles. The standard InChI is InChI=1S/C44H45N3O13/c1-54-26-13-12-23-33-28(16-20-8-4-3-5-9-20)56-29-17-27-22(32(24-19-47-25-11-7-6-10-21(24)25)34(29)38(33)59-36(23)37(26)55-2)14-15-44(53)41(52)35(51)39(60-43(44)57-27)40(42(45)46)58-31(50)18-30(48)49/h3-13,17,28,33,35,38-43,51-53H,14-16,18-19,45-46H2,1-2H3,(H,48,49)/t28-,33+,35+,38+,39-,40-,41-,43+,44+/m0/s1. The number of hydrogen-bond acceptors (Lipinski definition) is 15. The zero-order chi connectivity index (χ0) is 42.0. The molecule has 5 aliphatic rings. The fraction of sp³-hybridized carbons (Fsp3) is 0.386. The molecule has 0 amide bonds. The second kappa shape index (κ2) is 15.4. The lowest BCUT2D eigenvalue weighted by molar-refractivity contribution is -0.329. The smallest absolute Gasteiger partial charge is 0.317 e. The number of ether oxygens (including phenoxy) is 7. The van der Waals surface area contributed by atoms with Crippen LogP contribution in [0.2, 0.25) is 0 Å². The Morgan fingerprint density at radius 3 is 2.47 bits per heavy atom. The van der Waals surface area contributed by atoms with Crippen molar-refractivity contribution in [3.8, 4) is 28.7 Å². The highest BCUT2D eigenvalue weighted by Gasteiger charge is 2.60. The Morgan fingerprint density at radius 2 is 1.73 bits per heavy atom. The SMILES string of the molecule is COc1ccc2c(c1OC)O[C@H]1c3c(cc4c(c3C3=c5ccccc5=NC3)CC[C@]3(O)[C@H](O4)O[C@H]([C@H](OC(=O)CC(=O)O)C(N)N)[C@@H](O)[C@@H]3O)O[C@@H](Cc3ccccc3)[C@@H]21. The van der Waals surface area contributed by atoms with Crippen molar-refractivity contribution in [3.05, 3.63) is 111 Å². The van der Waals surface area contributed by atoms with E-state index in [1.54, 1.807) is 20.3 Å². The van der Waals surface area contributed by atoms with E-state index in [-0.39, 0.29) is 24.5 Å². The van der Waals surface area contributed by atoms with Crippen LogP contribution in [0.15, 0.2) is 77.8 Å². The van der Waals surface area contributed by atoms with Crippen LogP contribution in [-0.2, 0) is 31.9 Å². The second-order valence-corrected chi connectivity index (χ2v) is 15.7. The molecule has 8 N–H and O–H groups in total. The molecule has 4 aromatic rings. The van der Waals surface area contributed by atoms with Crippen LogP contribution in [0.4, 0.5) is 0 Å². The fourth-order valence-electron chi connectivity index (χ4n) is 9.39. The number of nitrogens with two attached hydrogens (primary N) is 2. The summed E-state index contributed by atoms with van der Waals surface area (Å²) in [5.74, 6) is -0.784. The molecule has 60 heavy (non-hydrogen) atoms. The summed E-state index contributed by atoms with van der Waals surface area (Å²) in [4.78, 5) is 28.6. The van der Waals surface area contributed by atoms with Gasteiger partial charge in [-0.05, 0) is 41.7 Å². The quantitative estimate of drug-likeness (QED) is 0.0739. The van der Waals surface area contributed by atoms with Crippen molar-refractivity contribution < 1.29 is 63.2 Å². The Bertz CT molecular complexity index is 2480. The van der Waals surface area contributed by atoms with E-state index in [0.717, 1.165) is 38.4 Å². The molecule has 9 rings (SSSR count). The lowest BCUT2D eigenvalue weighted by Crippen LogP contribution is -2.71. The third-order valence-electron chi connectivity index (χ3n) is 12.2. The molecule has 16 nitrogen and oxygen atoms in total. The molecule has 0 bridgehead atoms. The van der Waals surface area contributed by atoms with Gasteiger partial charge < -0.3 is 65.1 Å². The molecule has 0 unspecified atom stereocenters. The third-order valence-corrected chi connectivity index (χ3v) is 12.2. The van der Waals surface area contributed by atoms with E-state index < -0.39 is 73.0 Å². The number of esters is 1. The Hall–Kier alpha value is -5.75. The molecule has 1 saturated heterocycles. The first-order chi connectivity index (χ1) is 28.9. The fourth-order valence-corrected chi connectivity index (χ4v) is 9.39. The number of hydrogen-bond donors (Lipinski definition) is 6. The maximum absolute atomic E-state index is 12.5. The number of methoxy groups -OCH3 is 2. The summed E-state index contributed by atoms with van der Waals surface area (Å²) in [5, 5.41) is 46.2. The Labute approximate surface area is 343 Å². The minimum atomic E-state index is -2.22. The predicted molar refractivity (Wildman–Crippen MR) is 210 cm³/mol. The van der Waals surface area contributed by atoms with Gasteiger partial charge in [0.15, 0.2) is 23.2 Å². The van der Waals surface area contributed by atoms with E-state index in [1.807, 2.05) is 66.7 Å². The van der Waals surface area contributed by atoms with Crippen molar-refractivity contribution in [2.24, 2.45) is 16.5 Å². The van der Waals surface area contributed by atoms with Crippen LogP contribution >= 0.6 is 0 Å². The first-order valence-corrected chi connectivity index (χ1v) is 19.7. The van der Waals surface area contributed by atoms with Crippen molar-refractivity contribution in [1.29, 1.82) is 0 Å². The highest BCUT2D eigenvalue weighted by molar-refractivity contribution is 5.90. The van der Waals surface area contributed by atoms with Crippen molar-refractivity contribution in [1.82, 2.24) is 0 Å². The van der Waals surface area contributed by atoms with Gasteiger partial charge in [0.05, 0.1) is 38.2 Å². The topological polar surface area (TPSA) is 244 Å². The summed E-state index contributed by atoms with van der Waals surface area (Å²) >= 11 is 0. The van der Waals surface area contributed by atoms with Gasteiger partial charge in [-0.15, -0.1) is 0 Å². The number of carboxylic acids is 1. The summed E-state index contributed by atoms with van der Waals surface area (Å²) in [5.41, 5.74) is 14.6. The largest absolute Gasteiger partial charge is 0.493 e. The highest BCUT2D eigenvalue weighted by Crippen LogP contribution is 2.61.